The summed E-state index contributed by atoms with van der Waals surface area (Å²) in [6.45, 7) is 2.91. The lowest BCUT2D eigenvalue weighted by Gasteiger charge is -2.06. The number of thiophene rings is 1. The van der Waals surface area contributed by atoms with Gasteiger partial charge >= 0.3 is 0 Å². The maximum atomic E-state index is 12.6. The van der Waals surface area contributed by atoms with Gasteiger partial charge in [-0.3, -0.25) is 14.5 Å². The highest BCUT2D eigenvalue weighted by molar-refractivity contribution is 7.20. The predicted molar refractivity (Wildman–Crippen MR) is 113 cm³/mol. The first-order chi connectivity index (χ1) is 13.5. The molecule has 0 saturated heterocycles. The molecule has 3 heterocycles. The minimum Gasteiger partial charge on any atom is -0.347 e. The van der Waals surface area contributed by atoms with E-state index in [0.29, 0.717) is 28.0 Å². The third-order valence-corrected chi connectivity index (χ3v) is 6.10. The van der Waals surface area contributed by atoms with Crippen molar-refractivity contribution in [3.63, 3.8) is 0 Å². The van der Waals surface area contributed by atoms with E-state index in [-0.39, 0.29) is 5.91 Å². The Labute approximate surface area is 175 Å². The summed E-state index contributed by atoms with van der Waals surface area (Å²) in [6.07, 6.45) is 3.42. The maximum absolute atomic E-state index is 12.6. The SMILES string of the molecule is Cc1nn(Cc2ccc(Cl)cc2Cl)c2sc(C(=O)NCc3ccncc3)cc12. The van der Waals surface area contributed by atoms with Gasteiger partial charge in [0.1, 0.15) is 4.83 Å². The van der Waals surface area contributed by atoms with E-state index < -0.39 is 0 Å². The summed E-state index contributed by atoms with van der Waals surface area (Å²) < 4.78 is 1.88. The Hall–Kier alpha value is -2.41. The third-order valence-electron chi connectivity index (χ3n) is 4.37. The number of benzene rings is 1. The van der Waals surface area contributed by atoms with Gasteiger partial charge in [-0.15, -0.1) is 11.3 Å². The van der Waals surface area contributed by atoms with Crippen LogP contribution < -0.4 is 5.32 Å². The van der Waals surface area contributed by atoms with E-state index in [0.717, 1.165) is 27.0 Å². The van der Waals surface area contributed by atoms with Crippen LogP contribution in [0.3, 0.4) is 0 Å². The zero-order valence-electron chi connectivity index (χ0n) is 14.9. The molecule has 0 spiro atoms. The van der Waals surface area contributed by atoms with Gasteiger partial charge in [-0.05, 0) is 48.4 Å². The van der Waals surface area contributed by atoms with Crippen LogP contribution in [0.1, 0.15) is 26.5 Å². The molecule has 8 heteroatoms. The largest absolute Gasteiger partial charge is 0.347 e. The number of halogens is 2. The molecule has 0 bridgehead atoms. The number of fused-ring (bicyclic) bond motifs is 1. The van der Waals surface area contributed by atoms with Crippen LogP contribution in [0, 0.1) is 6.92 Å². The summed E-state index contributed by atoms with van der Waals surface area (Å²) in [7, 11) is 0. The average Bonchev–Trinajstić information content (AvgIpc) is 3.24. The van der Waals surface area contributed by atoms with Crippen molar-refractivity contribution in [2.24, 2.45) is 0 Å². The zero-order valence-corrected chi connectivity index (χ0v) is 17.3. The van der Waals surface area contributed by atoms with Crippen LogP contribution in [0.2, 0.25) is 10.0 Å². The van der Waals surface area contributed by atoms with Gasteiger partial charge in [0.15, 0.2) is 0 Å². The van der Waals surface area contributed by atoms with Crippen LogP contribution in [0.15, 0.2) is 48.8 Å². The zero-order chi connectivity index (χ0) is 19.7. The second kappa shape index (κ2) is 7.91. The minimum absolute atomic E-state index is 0.103. The van der Waals surface area contributed by atoms with Crippen molar-refractivity contribution in [1.29, 1.82) is 0 Å². The molecule has 0 fully saturated rings. The number of carbonyl (C=O) groups excluding carboxylic acids is 1. The molecule has 1 N–H and O–H groups in total. The predicted octanol–water partition coefficient (Wildman–Crippen LogP) is 5.09. The average molecular weight is 431 g/mol. The second-order valence-electron chi connectivity index (χ2n) is 6.35. The number of nitrogens with one attached hydrogen (secondary N) is 1. The number of aryl methyl sites for hydroxylation is 1. The topological polar surface area (TPSA) is 59.8 Å². The summed E-state index contributed by atoms with van der Waals surface area (Å²) >= 11 is 13.7. The van der Waals surface area contributed by atoms with Crippen molar-refractivity contribution >= 4 is 50.7 Å². The van der Waals surface area contributed by atoms with Gasteiger partial charge in [-0.1, -0.05) is 29.3 Å². The van der Waals surface area contributed by atoms with E-state index in [9.17, 15) is 4.79 Å². The Morgan fingerprint density at radius 2 is 1.96 bits per heavy atom. The van der Waals surface area contributed by atoms with Gasteiger partial charge in [0, 0.05) is 34.4 Å². The van der Waals surface area contributed by atoms with Gasteiger partial charge in [0.05, 0.1) is 17.1 Å². The van der Waals surface area contributed by atoms with E-state index in [4.69, 9.17) is 23.2 Å². The van der Waals surface area contributed by atoms with Crippen LogP contribution in [-0.2, 0) is 13.1 Å². The van der Waals surface area contributed by atoms with Crippen molar-refractivity contribution in [1.82, 2.24) is 20.1 Å². The van der Waals surface area contributed by atoms with E-state index >= 15 is 0 Å². The van der Waals surface area contributed by atoms with E-state index in [1.165, 1.54) is 11.3 Å². The summed E-state index contributed by atoms with van der Waals surface area (Å²) in [5.74, 6) is -0.103. The first kappa shape index (κ1) is 18.9. The van der Waals surface area contributed by atoms with Crippen molar-refractivity contribution in [3.8, 4) is 0 Å². The normalized spacial score (nSPS) is 11.1. The second-order valence-corrected chi connectivity index (χ2v) is 8.22. The van der Waals surface area contributed by atoms with Crippen LogP contribution in [0.5, 0.6) is 0 Å². The van der Waals surface area contributed by atoms with Gasteiger partial charge in [-0.2, -0.15) is 5.10 Å². The number of rotatable bonds is 5. The van der Waals surface area contributed by atoms with Crippen LogP contribution in [-0.4, -0.2) is 20.7 Å². The molecule has 0 aliphatic rings. The summed E-state index contributed by atoms with van der Waals surface area (Å²) in [5.41, 5.74) is 2.81. The molecule has 0 saturated carbocycles. The highest BCUT2D eigenvalue weighted by Gasteiger charge is 2.17. The van der Waals surface area contributed by atoms with Gasteiger partial charge in [0.25, 0.3) is 5.91 Å². The lowest BCUT2D eigenvalue weighted by Crippen LogP contribution is -2.21. The molecule has 0 atom stereocenters. The molecule has 1 aromatic carbocycles. The summed E-state index contributed by atoms with van der Waals surface area (Å²) in [5, 5.41) is 9.72. The lowest BCUT2D eigenvalue weighted by molar-refractivity contribution is 0.0955. The molecular formula is C20H16Cl2N4OS. The molecule has 3 aromatic heterocycles. The molecule has 0 radical (unpaired) electrons. The Morgan fingerprint density at radius 1 is 1.18 bits per heavy atom. The number of hydrogen-bond donors (Lipinski definition) is 1. The fourth-order valence-corrected chi connectivity index (χ4v) is 4.46. The van der Waals surface area contributed by atoms with Crippen molar-refractivity contribution < 1.29 is 4.79 Å². The first-order valence-electron chi connectivity index (χ1n) is 8.59. The highest BCUT2D eigenvalue weighted by atomic mass is 35.5. The summed E-state index contributed by atoms with van der Waals surface area (Å²) in [4.78, 5) is 18.2. The smallest absolute Gasteiger partial charge is 0.261 e. The van der Waals surface area contributed by atoms with Gasteiger partial charge in [-0.25, -0.2) is 0 Å². The van der Waals surface area contributed by atoms with Crippen molar-refractivity contribution in [2.45, 2.75) is 20.0 Å². The highest BCUT2D eigenvalue weighted by Crippen LogP contribution is 2.30. The molecular weight excluding hydrogens is 415 g/mol. The molecule has 0 aliphatic carbocycles. The number of pyridine rings is 1. The summed E-state index contributed by atoms with van der Waals surface area (Å²) in [6, 6.07) is 11.1. The van der Waals surface area contributed by atoms with E-state index in [1.54, 1.807) is 18.5 Å². The van der Waals surface area contributed by atoms with Crippen LogP contribution >= 0.6 is 34.5 Å². The van der Waals surface area contributed by atoms with Crippen LogP contribution in [0.4, 0.5) is 0 Å². The number of carbonyl (C=O) groups is 1. The standard InChI is InChI=1S/C20H16Cl2N4OS/c1-12-16-9-18(19(27)24-10-13-4-6-23-7-5-13)28-20(16)26(25-12)11-14-2-3-15(21)8-17(14)22/h2-9H,10-11H2,1H3,(H,24,27). The molecule has 1 amide bonds. The van der Waals surface area contributed by atoms with E-state index in [1.807, 2.05) is 41.9 Å². The molecule has 0 unspecified atom stereocenters. The first-order valence-corrected chi connectivity index (χ1v) is 10.2. The Morgan fingerprint density at radius 3 is 2.71 bits per heavy atom. The van der Waals surface area contributed by atoms with Gasteiger partial charge < -0.3 is 5.32 Å². The van der Waals surface area contributed by atoms with E-state index in [2.05, 4.69) is 15.4 Å². The Bertz CT molecular complexity index is 1150. The molecule has 4 aromatic rings. The van der Waals surface area contributed by atoms with Crippen molar-refractivity contribution in [2.75, 3.05) is 0 Å². The molecule has 28 heavy (non-hydrogen) atoms. The van der Waals surface area contributed by atoms with Crippen LogP contribution in [0.25, 0.3) is 10.2 Å². The molecule has 0 aliphatic heterocycles. The quantitative estimate of drug-likeness (QED) is 0.479. The molecule has 142 valence electrons. The fraction of sp³-hybridized carbons (Fsp3) is 0.150. The maximum Gasteiger partial charge on any atom is 0.261 e. The molecule has 5 nitrogen and oxygen atoms in total. The lowest BCUT2D eigenvalue weighted by atomic mass is 10.2. The molecule has 4 rings (SSSR count). The minimum atomic E-state index is -0.103. The fourth-order valence-electron chi connectivity index (χ4n) is 2.91. The number of amides is 1. The third kappa shape index (κ3) is 3.90. The number of nitrogens with zero attached hydrogens (tertiary/aromatic N) is 3. The number of aromatic nitrogens is 3. The van der Waals surface area contributed by atoms with Crippen molar-refractivity contribution in [3.05, 3.63) is 80.5 Å². The monoisotopic (exact) mass is 430 g/mol. The number of hydrogen-bond acceptors (Lipinski definition) is 4. The van der Waals surface area contributed by atoms with Gasteiger partial charge in [0.2, 0.25) is 0 Å². The Balaban J connectivity index is 1.57. The Kier molecular flexibility index (Phi) is 5.35.